The van der Waals surface area contributed by atoms with Crippen molar-refractivity contribution in [3.63, 3.8) is 0 Å². The number of hydrogen-bond donors (Lipinski definition) is 1. The van der Waals surface area contributed by atoms with Crippen molar-refractivity contribution < 1.29 is 14.7 Å². The number of carbonyl (C=O) groups excluding carboxylic acids is 1. The van der Waals surface area contributed by atoms with E-state index in [0.717, 1.165) is 33.9 Å². The molecule has 0 aromatic heterocycles. The van der Waals surface area contributed by atoms with Crippen LogP contribution < -0.4 is 0 Å². The van der Waals surface area contributed by atoms with Crippen molar-refractivity contribution in [2.24, 2.45) is 0 Å². The number of carboxylic acids is 1. The van der Waals surface area contributed by atoms with E-state index in [9.17, 15) is 9.59 Å². The molecule has 0 saturated carbocycles. The van der Waals surface area contributed by atoms with E-state index in [0.29, 0.717) is 30.8 Å². The number of rotatable bonds is 13. The first kappa shape index (κ1) is 31.0. The Balaban J connectivity index is 1.43. The quantitative estimate of drug-likeness (QED) is 0.136. The molecule has 224 valence electrons. The number of nitrogens with zero attached hydrogens (tertiary/aromatic N) is 1. The van der Waals surface area contributed by atoms with Crippen molar-refractivity contribution in [3.05, 3.63) is 137 Å². The third kappa shape index (κ3) is 8.15. The van der Waals surface area contributed by atoms with E-state index in [1.165, 1.54) is 10.8 Å². The fourth-order valence-electron chi connectivity index (χ4n) is 5.89. The second-order valence-corrected chi connectivity index (χ2v) is 11.9. The molecule has 4 nitrogen and oxygen atoms in total. The summed E-state index contributed by atoms with van der Waals surface area (Å²) < 4.78 is 0. The van der Waals surface area contributed by atoms with E-state index < -0.39 is 5.97 Å². The molecule has 1 amide bonds. The molecule has 0 bridgehead atoms. The number of benzene rings is 5. The van der Waals surface area contributed by atoms with Crippen LogP contribution in [0.1, 0.15) is 61.6 Å². The van der Waals surface area contributed by atoms with Gasteiger partial charge in [0.2, 0.25) is 5.91 Å². The van der Waals surface area contributed by atoms with Crippen molar-refractivity contribution in [2.75, 3.05) is 0 Å². The van der Waals surface area contributed by atoms with Crippen LogP contribution in [0.3, 0.4) is 0 Å². The summed E-state index contributed by atoms with van der Waals surface area (Å²) in [6, 6.07) is 37.2. The predicted octanol–water partition coefficient (Wildman–Crippen LogP) is 9.90. The molecule has 44 heavy (non-hydrogen) atoms. The predicted molar refractivity (Wildman–Crippen MR) is 182 cm³/mol. The maximum atomic E-state index is 13.8. The molecule has 0 heterocycles. The van der Waals surface area contributed by atoms with Gasteiger partial charge in [-0.3, -0.25) is 9.59 Å². The Morgan fingerprint density at radius 1 is 0.773 bits per heavy atom. The number of halogens is 1. The highest BCUT2D eigenvalue weighted by Gasteiger charge is 2.28. The molecular weight excluding hydrogens is 566 g/mol. The standard InChI is InChI=1S/C39H38ClNO3/c1-28(41(38(42)15-6-7-16-39(43)44)27-30-18-20-32-11-3-5-13-35(32)26-30)37(33-21-23-36(40)24-22-33)14-8-9-29-17-19-31-10-2-4-12-34(31)25-29/h2-5,8-13,17-26,28,37H,6-7,14-16,27H2,1H3,(H,43,44)/b9-8+. The highest BCUT2D eigenvalue weighted by Crippen LogP contribution is 2.31. The number of carbonyl (C=O) groups is 2. The van der Waals surface area contributed by atoms with E-state index in [2.05, 4.69) is 97.9 Å². The van der Waals surface area contributed by atoms with Crippen molar-refractivity contribution in [3.8, 4) is 0 Å². The van der Waals surface area contributed by atoms with Crippen LogP contribution in [-0.2, 0) is 16.1 Å². The van der Waals surface area contributed by atoms with Gasteiger partial charge in [-0.05, 0) is 88.7 Å². The molecule has 0 radical (unpaired) electrons. The Labute approximate surface area is 264 Å². The Bertz CT molecular complexity index is 1760. The minimum absolute atomic E-state index is 0.0207. The first-order valence-electron chi connectivity index (χ1n) is 15.3. The van der Waals surface area contributed by atoms with Gasteiger partial charge in [0.05, 0.1) is 0 Å². The summed E-state index contributed by atoms with van der Waals surface area (Å²) in [7, 11) is 0. The summed E-state index contributed by atoms with van der Waals surface area (Å²) in [6.45, 7) is 2.60. The van der Waals surface area contributed by atoms with Gasteiger partial charge >= 0.3 is 5.97 Å². The fourth-order valence-corrected chi connectivity index (χ4v) is 6.02. The van der Waals surface area contributed by atoms with Crippen LogP contribution in [0.5, 0.6) is 0 Å². The van der Waals surface area contributed by atoms with Gasteiger partial charge in [-0.15, -0.1) is 0 Å². The Hall–Kier alpha value is -4.41. The van der Waals surface area contributed by atoms with Crippen molar-refractivity contribution in [1.29, 1.82) is 0 Å². The topological polar surface area (TPSA) is 57.6 Å². The molecule has 0 aliphatic heterocycles. The lowest BCUT2D eigenvalue weighted by atomic mass is 9.87. The third-order valence-electron chi connectivity index (χ3n) is 8.36. The van der Waals surface area contributed by atoms with Crippen LogP contribution in [0.4, 0.5) is 0 Å². The van der Waals surface area contributed by atoms with Crippen LogP contribution in [0.25, 0.3) is 27.6 Å². The van der Waals surface area contributed by atoms with Gasteiger partial charge in [0.1, 0.15) is 0 Å². The number of carboxylic acid groups (broad SMARTS) is 1. The van der Waals surface area contributed by atoms with Gasteiger partial charge < -0.3 is 10.0 Å². The van der Waals surface area contributed by atoms with Gasteiger partial charge in [-0.2, -0.15) is 0 Å². The molecule has 0 spiro atoms. The summed E-state index contributed by atoms with van der Waals surface area (Å²) in [4.78, 5) is 26.9. The summed E-state index contributed by atoms with van der Waals surface area (Å²) in [5.41, 5.74) is 3.32. The van der Waals surface area contributed by atoms with Crippen LogP contribution in [-0.4, -0.2) is 27.9 Å². The minimum Gasteiger partial charge on any atom is -0.481 e. The average Bonchev–Trinajstić information content (AvgIpc) is 3.04. The van der Waals surface area contributed by atoms with Gasteiger partial charge in [0.15, 0.2) is 0 Å². The Morgan fingerprint density at radius 2 is 1.39 bits per heavy atom. The normalized spacial score (nSPS) is 12.9. The lowest BCUT2D eigenvalue weighted by molar-refractivity contribution is -0.138. The molecule has 5 aromatic rings. The zero-order valence-electron chi connectivity index (χ0n) is 25.0. The van der Waals surface area contributed by atoms with E-state index in [1.807, 2.05) is 35.2 Å². The summed E-state index contributed by atoms with van der Waals surface area (Å²) >= 11 is 6.27. The molecule has 0 aliphatic rings. The van der Waals surface area contributed by atoms with Gasteiger partial charge in [0, 0.05) is 36.4 Å². The maximum Gasteiger partial charge on any atom is 0.303 e. The smallest absolute Gasteiger partial charge is 0.303 e. The second kappa shape index (κ2) is 14.9. The molecule has 1 N–H and O–H groups in total. The van der Waals surface area contributed by atoms with E-state index in [1.54, 1.807) is 0 Å². The van der Waals surface area contributed by atoms with Crippen LogP contribution in [0.15, 0.2) is 115 Å². The number of allylic oxidation sites excluding steroid dienone is 1. The fraction of sp³-hybridized carbons (Fsp3) is 0.231. The Morgan fingerprint density at radius 3 is 2.07 bits per heavy atom. The highest BCUT2D eigenvalue weighted by molar-refractivity contribution is 6.30. The number of unbranched alkanes of at least 4 members (excludes halogenated alkanes) is 1. The number of fused-ring (bicyclic) bond motifs is 2. The molecule has 0 aliphatic carbocycles. The molecule has 2 unspecified atom stereocenters. The second-order valence-electron chi connectivity index (χ2n) is 11.4. The van der Waals surface area contributed by atoms with Crippen LogP contribution >= 0.6 is 11.6 Å². The zero-order valence-corrected chi connectivity index (χ0v) is 25.8. The first-order valence-corrected chi connectivity index (χ1v) is 15.6. The molecule has 2 atom stereocenters. The molecule has 5 heteroatoms. The molecule has 0 fully saturated rings. The largest absolute Gasteiger partial charge is 0.481 e. The SMILES string of the molecule is CC(C(C/C=C/c1ccc2ccccc2c1)c1ccc(Cl)cc1)N(Cc1ccc2ccccc2c1)C(=O)CCCCC(=O)O. The number of hydrogen-bond acceptors (Lipinski definition) is 2. The number of aliphatic carboxylic acids is 1. The Kier molecular flexibility index (Phi) is 10.5. The first-order chi connectivity index (χ1) is 21.4. The van der Waals surface area contributed by atoms with Crippen molar-refractivity contribution in [1.82, 2.24) is 4.90 Å². The highest BCUT2D eigenvalue weighted by atomic mass is 35.5. The van der Waals surface area contributed by atoms with E-state index >= 15 is 0 Å². The molecule has 5 rings (SSSR count). The lowest BCUT2D eigenvalue weighted by Crippen LogP contribution is -2.41. The average molecular weight is 604 g/mol. The van der Waals surface area contributed by atoms with E-state index in [-0.39, 0.29) is 24.3 Å². The van der Waals surface area contributed by atoms with Gasteiger partial charge in [0.25, 0.3) is 0 Å². The summed E-state index contributed by atoms with van der Waals surface area (Å²) in [6.07, 6.45) is 6.49. The molecule has 5 aromatic carbocycles. The lowest BCUT2D eigenvalue weighted by Gasteiger charge is -2.35. The zero-order chi connectivity index (χ0) is 30.9. The number of amides is 1. The van der Waals surface area contributed by atoms with E-state index in [4.69, 9.17) is 16.7 Å². The van der Waals surface area contributed by atoms with Crippen LogP contribution in [0, 0.1) is 0 Å². The van der Waals surface area contributed by atoms with Gasteiger partial charge in [-0.25, -0.2) is 0 Å². The summed E-state index contributed by atoms with van der Waals surface area (Å²) in [5, 5.41) is 14.5. The van der Waals surface area contributed by atoms with Crippen molar-refractivity contribution >= 4 is 51.1 Å². The third-order valence-corrected chi connectivity index (χ3v) is 8.62. The summed E-state index contributed by atoms with van der Waals surface area (Å²) in [5.74, 6) is -0.777. The maximum absolute atomic E-state index is 13.8. The minimum atomic E-state index is -0.833. The van der Waals surface area contributed by atoms with Crippen LogP contribution in [0.2, 0.25) is 5.02 Å². The van der Waals surface area contributed by atoms with Crippen molar-refractivity contribution in [2.45, 2.75) is 57.5 Å². The van der Waals surface area contributed by atoms with Gasteiger partial charge in [-0.1, -0.05) is 109 Å². The monoisotopic (exact) mass is 603 g/mol. The molecule has 0 saturated heterocycles. The molecular formula is C39H38ClNO3.